The van der Waals surface area contributed by atoms with Gasteiger partial charge in [0.15, 0.2) is 0 Å². The fourth-order valence-electron chi connectivity index (χ4n) is 2.99. The third kappa shape index (κ3) is 5.49. The number of carbonyl (C=O) groups excluding carboxylic acids is 1. The van der Waals surface area contributed by atoms with Crippen LogP contribution in [0.5, 0.6) is 0 Å². The van der Waals surface area contributed by atoms with Crippen molar-refractivity contribution in [3.63, 3.8) is 0 Å². The van der Waals surface area contributed by atoms with Crippen molar-refractivity contribution in [3.05, 3.63) is 12.2 Å². The van der Waals surface area contributed by atoms with Crippen molar-refractivity contribution in [2.24, 2.45) is 0 Å². The van der Waals surface area contributed by atoms with Crippen molar-refractivity contribution in [2.45, 2.75) is 65.1 Å². The molecule has 19 heavy (non-hydrogen) atoms. The number of rotatable bonds is 8. The molecule has 0 aliphatic rings. The number of hydrogen-bond donors (Lipinski definition) is 0. The Bertz CT molecular complexity index is 274. The maximum Gasteiger partial charge on any atom is 0.302 e. The molecule has 0 aliphatic carbocycles. The zero-order valence-corrected chi connectivity index (χ0v) is 14.5. The zero-order chi connectivity index (χ0) is 15.1. The van der Waals surface area contributed by atoms with Crippen LogP contribution in [0.3, 0.4) is 0 Å². The Labute approximate surface area is 119 Å². The summed E-state index contributed by atoms with van der Waals surface area (Å²) in [4.78, 5) is 10.6. The van der Waals surface area contributed by atoms with Crippen molar-refractivity contribution >= 4 is 14.3 Å². The Balaban J connectivity index is 4.48. The zero-order valence-electron chi connectivity index (χ0n) is 13.5. The first-order chi connectivity index (χ1) is 8.75. The van der Waals surface area contributed by atoms with Gasteiger partial charge in [-0.3, -0.25) is 4.79 Å². The second-order valence-corrected chi connectivity index (χ2v) is 11.4. The fraction of sp³-hybridized carbons (Fsp3) is 0.800. The Morgan fingerprint density at radius 3 is 1.74 bits per heavy atom. The van der Waals surface area contributed by atoms with E-state index in [1.165, 1.54) is 6.92 Å². The lowest BCUT2D eigenvalue weighted by molar-refractivity contribution is -0.139. The molecular formula is C15H30O3Si. The molecule has 0 aromatic heterocycles. The average Bonchev–Trinajstić information content (AvgIpc) is 2.26. The molecule has 0 amide bonds. The van der Waals surface area contributed by atoms with Crippen LogP contribution in [0.1, 0.15) is 48.5 Å². The van der Waals surface area contributed by atoms with E-state index in [0.717, 1.165) is 0 Å². The highest BCUT2D eigenvalue weighted by molar-refractivity contribution is 6.77. The van der Waals surface area contributed by atoms with Crippen LogP contribution in [-0.2, 0) is 14.0 Å². The van der Waals surface area contributed by atoms with Gasteiger partial charge in [-0.2, -0.15) is 0 Å². The number of esters is 1. The smallest absolute Gasteiger partial charge is 0.302 e. The van der Waals surface area contributed by atoms with Gasteiger partial charge in [0, 0.05) is 6.92 Å². The first-order valence-electron chi connectivity index (χ1n) is 7.17. The first kappa shape index (κ1) is 18.4. The van der Waals surface area contributed by atoms with Gasteiger partial charge in [0.25, 0.3) is 0 Å². The molecule has 0 radical (unpaired) electrons. The molecule has 0 aliphatic heterocycles. The van der Waals surface area contributed by atoms with Gasteiger partial charge < -0.3 is 9.16 Å². The van der Waals surface area contributed by atoms with Crippen molar-refractivity contribution in [2.75, 3.05) is 13.2 Å². The lowest BCUT2D eigenvalue weighted by Crippen LogP contribution is -2.47. The fourth-order valence-corrected chi connectivity index (χ4v) is 8.38. The minimum absolute atomic E-state index is 0.249. The quantitative estimate of drug-likeness (QED) is 0.379. The maximum atomic E-state index is 10.6. The van der Waals surface area contributed by atoms with E-state index in [2.05, 4.69) is 41.5 Å². The monoisotopic (exact) mass is 286 g/mol. The average molecular weight is 286 g/mol. The molecule has 0 unspecified atom stereocenters. The third-order valence-corrected chi connectivity index (χ3v) is 9.77. The highest BCUT2D eigenvalue weighted by Gasteiger charge is 2.44. The van der Waals surface area contributed by atoms with Gasteiger partial charge in [-0.25, -0.2) is 0 Å². The Hall–Kier alpha value is -0.613. The topological polar surface area (TPSA) is 35.5 Å². The van der Waals surface area contributed by atoms with E-state index < -0.39 is 8.32 Å². The summed E-state index contributed by atoms with van der Waals surface area (Å²) in [6.45, 7) is 16.0. The summed E-state index contributed by atoms with van der Waals surface area (Å²) in [7, 11) is -1.77. The minimum atomic E-state index is -1.77. The Morgan fingerprint density at radius 1 is 0.947 bits per heavy atom. The number of ether oxygens (including phenoxy) is 1. The summed E-state index contributed by atoms with van der Waals surface area (Å²) in [6.07, 6.45) is 3.80. The predicted molar refractivity (Wildman–Crippen MR) is 82.8 cm³/mol. The van der Waals surface area contributed by atoms with Gasteiger partial charge in [0.1, 0.15) is 6.61 Å². The number of carbonyl (C=O) groups is 1. The molecule has 0 aromatic rings. The third-order valence-electron chi connectivity index (χ3n) is 3.69. The molecule has 3 nitrogen and oxygen atoms in total. The van der Waals surface area contributed by atoms with Crippen LogP contribution >= 0.6 is 0 Å². The highest BCUT2D eigenvalue weighted by atomic mass is 28.4. The van der Waals surface area contributed by atoms with Crippen LogP contribution < -0.4 is 0 Å². The number of hydrogen-bond acceptors (Lipinski definition) is 3. The summed E-state index contributed by atoms with van der Waals surface area (Å²) < 4.78 is 11.2. The molecule has 0 saturated heterocycles. The van der Waals surface area contributed by atoms with Crippen LogP contribution in [0.4, 0.5) is 0 Å². The van der Waals surface area contributed by atoms with E-state index >= 15 is 0 Å². The molecule has 0 rings (SSSR count). The van der Waals surface area contributed by atoms with Crippen LogP contribution in [0.15, 0.2) is 12.2 Å². The lowest BCUT2D eigenvalue weighted by Gasteiger charge is -2.41. The van der Waals surface area contributed by atoms with E-state index in [4.69, 9.17) is 9.16 Å². The first-order valence-corrected chi connectivity index (χ1v) is 9.31. The second kappa shape index (κ2) is 8.54. The van der Waals surface area contributed by atoms with Gasteiger partial charge in [-0.1, -0.05) is 47.6 Å². The van der Waals surface area contributed by atoms with Gasteiger partial charge in [0.2, 0.25) is 8.32 Å². The van der Waals surface area contributed by atoms with Gasteiger partial charge in [-0.05, 0) is 22.7 Å². The maximum absolute atomic E-state index is 10.6. The Morgan fingerprint density at radius 2 is 1.37 bits per heavy atom. The summed E-state index contributed by atoms with van der Waals surface area (Å²) in [5.74, 6) is -0.249. The molecule has 0 N–H and O–H groups in total. The van der Waals surface area contributed by atoms with Gasteiger partial charge >= 0.3 is 5.97 Å². The highest BCUT2D eigenvalue weighted by Crippen LogP contribution is 2.42. The predicted octanol–water partition coefficient (Wildman–Crippen LogP) is 4.30. The molecule has 0 bridgehead atoms. The van der Waals surface area contributed by atoms with Crippen molar-refractivity contribution < 1.29 is 14.0 Å². The van der Waals surface area contributed by atoms with E-state index in [9.17, 15) is 4.79 Å². The Kier molecular flexibility index (Phi) is 8.26. The molecule has 0 heterocycles. The van der Waals surface area contributed by atoms with Crippen LogP contribution in [0.25, 0.3) is 0 Å². The van der Waals surface area contributed by atoms with Crippen LogP contribution in [-0.4, -0.2) is 27.5 Å². The molecule has 0 aromatic carbocycles. The normalized spacial score (nSPS) is 12.9. The van der Waals surface area contributed by atoms with Gasteiger partial charge in [-0.15, -0.1) is 0 Å². The van der Waals surface area contributed by atoms with Crippen molar-refractivity contribution in [3.8, 4) is 0 Å². The summed E-state index contributed by atoms with van der Waals surface area (Å²) >= 11 is 0. The molecule has 4 heteroatoms. The van der Waals surface area contributed by atoms with Crippen molar-refractivity contribution in [1.29, 1.82) is 0 Å². The molecular weight excluding hydrogens is 256 g/mol. The van der Waals surface area contributed by atoms with Gasteiger partial charge in [0.05, 0.1) is 6.61 Å². The largest absolute Gasteiger partial charge is 0.462 e. The minimum Gasteiger partial charge on any atom is -0.462 e. The molecule has 0 saturated carbocycles. The van der Waals surface area contributed by atoms with Crippen molar-refractivity contribution in [1.82, 2.24) is 0 Å². The second-order valence-electron chi connectivity index (χ2n) is 5.90. The molecule has 0 spiro atoms. The van der Waals surface area contributed by atoms with E-state index in [1.54, 1.807) is 0 Å². The molecule has 0 atom stereocenters. The molecule has 112 valence electrons. The SMILES string of the molecule is CC(=O)OC/C=C\CO[Si](C(C)C)(C(C)C)C(C)C. The van der Waals surface area contributed by atoms with E-state index in [1.807, 2.05) is 12.2 Å². The van der Waals surface area contributed by atoms with E-state index in [0.29, 0.717) is 29.8 Å². The summed E-state index contributed by atoms with van der Waals surface area (Å²) in [5.41, 5.74) is 1.78. The lowest BCUT2D eigenvalue weighted by atomic mass is 10.5. The summed E-state index contributed by atoms with van der Waals surface area (Å²) in [5, 5.41) is 0. The van der Waals surface area contributed by atoms with Crippen LogP contribution in [0, 0.1) is 0 Å². The van der Waals surface area contributed by atoms with E-state index in [-0.39, 0.29) is 5.97 Å². The standard InChI is InChI=1S/C15H30O3Si/c1-12(2)19(13(3)4,14(5)6)18-11-9-8-10-17-15(7)16/h8-9,12-14H,10-11H2,1-7H3/b9-8-. The molecule has 0 fully saturated rings. The van der Waals surface area contributed by atoms with Crippen LogP contribution in [0.2, 0.25) is 16.6 Å². The summed E-state index contributed by atoms with van der Waals surface area (Å²) in [6, 6.07) is 0.